The van der Waals surface area contributed by atoms with Crippen LogP contribution >= 0.6 is 0 Å². The molecule has 1 aliphatic rings. The number of benzene rings is 1. The van der Waals surface area contributed by atoms with Crippen LogP contribution in [0.4, 0.5) is 11.4 Å². The number of nitrogens with zero attached hydrogens (tertiary/aromatic N) is 1. The molecule has 0 spiro atoms. The van der Waals surface area contributed by atoms with Crippen LogP contribution in [-0.4, -0.2) is 20.1 Å². The summed E-state index contributed by atoms with van der Waals surface area (Å²) in [6.45, 7) is 6.93. The van der Waals surface area contributed by atoms with Crippen LogP contribution in [0.25, 0.3) is 0 Å². The summed E-state index contributed by atoms with van der Waals surface area (Å²) in [6, 6.07) is 7.34. The second kappa shape index (κ2) is 5.85. The van der Waals surface area contributed by atoms with Gasteiger partial charge in [-0.1, -0.05) is 26.3 Å². The Labute approximate surface area is 118 Å². The van der Waals surface area contributed by atoms with Crippen molar-refractivity contribution in [1.29, 1.82) is 0 Å². The largest absolute Gasteiger partial charge is 0.382 e. The standard InChI is InChI=1S/C17H28N2/c1-12-6-7-13(2)16(10-12)18-15-9-8-14(3)17(11-15)19(4)5/h8-9,11-13,16,18H,6-7,10H2,1-5H3. The Morgan fingerprint density at radius 3 is 2.58 bits per heavy atom. The fourth-order valence-electron chi connectivity index (χ4n) is 3.13. The van der Waals surface area contributed by atoms with E-state index in [4.69, 9.17) is 0 Å². The van der Waals surface area contributed by atoms with Crippen molar-refractivity contribution in [3.8, 4) is 0 Å². The van der Waals surface area contributed by atoms with E-state index in [-0.39, 0.29) is 0 Å². The first kappa shape index (κ1) is 14.2. The van der Waals surface area contributed by atoms with Gasteiger partial charge in [0.05, 0.1) is 0 Å². The molecule has 0 heterocycles. The first-order valence-electron chi connectivity index (χ1n) is 7.52. The molecule has 3 atom stereocenters. The third-order valence-corrected chi connectivity index (χ3v) is 4.50. The maximum atomic E-state index is 3.76. The van der Waals surface area contributed by atoms with E-state index >= 15 is 0 Å². The first-order chi connectivity index (χ1) is 8.97. The van der Waals surface area contributed by atoms with Gasteiger partial charge in [-0.05, 0) is 49.3 Å². The summed E-state index contributed by atoms with van der Waals surface area (Å²) < 4.78 is 0. The minimum atomic E-state index is 0.626. The normalized spacial score (nSPS) is 27.1. The molecular formula is C17H28N2. The Morgan fingerprint density at radius 1 is 1.16 bits per heavy atom. The molecule has 0 bridgehead atoms. The zero-order valence-corrected chi connectivity index (χ0v) is 13.0. The average Bonchev–Trinajstić information content (AvgIpc) is 2.36. The minimum Gasteiger partial charge on any atom is -0.382 e. The number of hydrogen-bond donors (Lipinski definition) is 1. The third kappa shape index (κ3) is 3.43. The van der Waals surface area contributed by atoms with Crippen molar-refractivity contribution in [3.63, 3.8) is 0 Å². The fourth-order valence-corrected chi connectivity index (χ4v) is 3.13. The molecule has 2 heteroatoms. The van der Waals surface area contributed by atoms with E-state index in [0.29, 0.717) is 6.04 Å². The summed E-state index contributed by atoms with van der Waals surface area (Å²) in [5.41, 5.74) is 3.90. The molecule has 2 nitrogen and oxygen atoms in total. The van der Waals surface area contributed by atoms with Gasteiger partial charge in [0.1, 0.15) is 0 Å². The molecular weight excluding hydrogens is 232 g/mol. The van der Waals surface area contributed by atoms with Crippen LogP contribution in [-0.2, 0) is 0 Å². The van der Waals surface area contributed by atoms with Crippen molar-refractivity contribution in [1.82, 2.24) is 0 Å². The molecule has 1 N–H and O–H groups in total. The molecule has 1 aliphatic carbocycles. The number of aryl methyl sites for hydroxylation is 1. The second-order valence-corrected chi connectivity index (χ2v) is 6.54. The molecule has 0 aliphatic heterocycles. The minimum absolute atomic E-state index is 0.626. The predicted octanol–water partition coefficient (Wildman–Crippen LogP) is 4.30. The van der Waals surface area contributed by atoms with Gasteiger partial charge in [0, 0.05) is 31.5 Å². The van der Waals surface area contributed by atoms with E-state index in [2.05, 4.69) is 63.3 Å². The maximum absolute atomic E-state index is 3.76. The van der Waals surface area contributed by atoms with Crippen molar-refractivity contribution in [2.45, 2.75) is 46.1 Å². The van der Waals surface area contributed by atoms with Gasteiger partial charge in [0.2, 0.25) is 0 Å². The highest BCUT2D eigenvalue weighted by Gasteiger charge is 2.25. The Morgan fingerprint density at radius 2 is 1.89 bits per heavy atom. The summed E-state index contributed by atoms with van der Waals surface area (Å²) in [5.74, 6) is 1.63. The van der Waals surface area contributed by atoms with Gasteiger partial charge in [0.15, 0.2) is 0 Å². The first-order valence-corrected chi connectivity index (χ1v) is 7.52. The van der Waals surface area contributed by atoms with Crippen LogP contribution in [0.2, 0.25) is 0 Å². The molecule has 0 amide bonds. The average molecular weight is 260 g/mol. The van der Waals surface area contributed by atoms with E-state index in [0.717, 1.165) is 11.8 Å². The fraction of sp³-hybridized carbons (Fsp3) is 0.647. The van der Waals surface area contributed by atoms with Gasteiger partial charge < -0.3 is 10.2 Å². The topological polar surface area (TPSA) is 15.3 Å². The highest BCUT2D eigenvalue weighted by atomic mass is 15.1. The molecule has 1 saturated carbocycles. The van der Waals surface area contributed by atoms with Crippen LogP contribution in [0.1, 0.15) is 38.7 Å². The molecule has 106 valence electrons. The van der Waals surface area contributed by atoms with Crippen LogP contribution in [0.3, 0.4) is 0 Å². The lowest BCUT2D eigenvalue weighted by molar-refractivity contribution is 0.281. The van der Waals surface area contributed by atoms with Gasteiger partial charge in [0.25, 0.3) is 0 Å². The molecule has 2 rings (SSSR count). The summed E-state index contributed by atoms with van der Waals surface area (Å²) >= 11 is 0. The van der Waals surface area contributed by atoms with Crippen molar-refractivity contribution >= 4 is 11.4 Å². The summed E-state index contributed by atoms with van der Waals surface area (Å²) in [7, 11) is 4.22. The quantitative estimate of drug-likeness (QED) is 0.871. The second-order valence-electron chi connectivity index (χ2n) is 6.54. The molecule has 1 aromatic rings. The molecule has 0 radical (unpaired) electrons. The van der Waals surface area contributed by atoms with Crippen LogP contribution in [0, 0.1) is 18.8 Å². The number of nitrogens with one attached hydrogen (secondary N) is 1. The van der Waals surface area contributed by atoms with E-state index in [1.165, 1.54) is 36.2 Å². The van der Waals surface area contributed by atoms with Crippen LogP contribution in [0.15, 0.2) is 18.2 Å². The highest BCUT2D eigenvalue weighted by molar-refractivity contribution is 5.62. The molecule has 3 unspecified atom stereocenters. The zero-order chi connectivity index (χ0) is 14.0. The lowest BCUT2D eigenvalue weighted by atomic mass is 9.80. The number of hydrogen-bond acceptors (Lipinski definition) is 2. The van der Waals surface area contributed by atoms with Crippen molar-refractivity contribution in [3.05, 3.63) is 23.8 Å². The van der Waals surface area contributed by atoms with E-state index in [1.807, 2.05) is 0 Å². The monoisotopic (exact) mass is 260 g/mol. The smallest absolute Gasteiger partial charge is 0.0411 e. The maximum Gasteiger partial charge on any atom is 0.0411 e. The predicted molar refractivity (Wildman–Crippen MR) is 85.1 cm³/mol. The van der Waals surface area contributed by atoms with Gasteiger partial charge in [-0.3, -0.25) is 0 Å². The van der Waals surface area contributed by atoms with Gasteiger partial charge >= 0.3 is 0 Å². The Hall–Kier alpha value is -1.18. The van der Waals surface area contributed by atoms with Gasteiger partial charge in [-0.2, -0.15) is 0 Å². The summed E-state index contributed by atoms with van der Waals surface area (Å²) in [4.78, 5) is 2.19. The zero-order valence-electron chi connectivity index (χ0n) is 13.0. The lowest BCUT2D eigenvalue weighted by Crippen LogP contribution is -2.33. The van der Waals surface area contributed by atoms with Gasteiger partial charge in [-0.15, -0.1) is 0 Å². The molecule has 0 saturated heterocycles. The molecule has 0 aromatic heterocycles. The Kier molecular flexibility index (Phi) is 4.38. The number of rotatable bonds is 3. The molecule has 1 aromatic carbocycles. The Bertz CT molecular complexity index is 425. The van der Waals surface area contributed by atoms with E-state index in [1.54, 1.807) is 0 Å². The Balaban J connectivity index is 2.12. The highest BCUT2D eigenvalue weighted by Crippen LogP contribution is 2.31. The van der Waals surface area contributed by atoms with Crippen molar-refractivity contribution in [2.24, 2.45) is 11.8 Å². The van der Waals surface area contributed by atoms with E-state index in [9.17, 15) is 0 Å². The molecule has 19 heavy (non-hydrogen) atoms. The SMILES string of the molecule is Cc1ccc(NC2CC(C)CCC2C)cc1N(C)C. The van der Waals surface area contributed by atoms with Crippen LogP contribution < -0.4 is 10.2 Å². The summed E-state index contributed by atoms with van der Waals surface area (Å²) in [5, 5.41) is 3.76. The van der Waals surface area contributed by atoms with Crippen molar-refractivity contribution < 1.29 is 0 Å². The van der Waals surface area contributed by atoms with Crippen molar-refractivity contribution in [2.75, 3.05) is 24.3 Å². The summed E-state index contributed by atoms with van der Waals surface area (Å²) in [6.07, 6.45) is 4.04. The lowest BCUT2D eigenvalue weighted by Gasteiger charge is -2.34. The third-order valence-electron chi connectivity index (χ3n) is 4.50. The van der Waals surface area contributed by atoms with E-state index < -0.39 is 0 Å². The molecule has 1 fully saturated rings. The number of anilines is 2. The van der Waals surface area contributed by atoms with Crippen LogP contribution in [0.5, 0.6) is 0 Å². The van der Waals surface area contributed by atoms with Gasteiger partial charge in [-0.25, -0.2) is 0 Å².